The molecule has 0 saturated carbocycles. The van der Waals surface area contributed by atoms with Crippen LogP contribution in [0, 0.1) is 11.6 Å². The molecule has 0 radical (unpaired) electrons. The fourth-order valence-corrected chi connectivity index (χ4v) is 0.784. The van der Waals surface area contributed by atoms with Gasteiger partial charge in [-0.3, -0.25) is 0 Å². The van der Waals surface area contributed by atoms with Gasteiger partial charge in [0.1, 0.15) is 0 Å². The molecule has 0 saturated heterocycles. The Morgan fingerprint density at radius 3 is 2.43 bits per heavy atom. The average Bonchev–Trinajstić information content (AvgIpc) is 2.07. The zero-order chi connectivity index (χ0) is 9.84. The molecule has 0 fully saturated rings. The molecule has 76 valence electrons. The summed E-state index contributed by atoms with van der Waals surface area (Å²) in [7, 11) is 0. The van der Waals surface area contributed by atoms with Crippen LogP contribution in [0.1, 0.15) is 5.56 Å². The van der Waals surface area contributed by atoms with Crippen molar-refractivity contribution in [2.75, 3.05) is 0 Å². The molecule has 1 aromatic rings. The number of hydrogen-bond donors (Lipinski definition) is 1. The van der Waals surface area contributed by atoms with E-state index in [0.717, 1.165) is 18.2 Å². The predicted octanol–water partition coefficient (Wildman–Crippen LogP) is 2.48. The van der Waals surface area contributed by atoms with E-state index in [0.29, 0.717) is 5.56 Å². The van der Waals surface area contributed by atoms with Crippen LogP contribution in [0.4, 0.5) is 8.78 Å². The minimum absolute atomic E-state index is 0. The van der Waals surface area contributed by atoms with Crippen molar-refractivity contribution in [3.8, 4) is 0 Å². The van der Waals surface area contributed by atoms with Gasteiger partial charge in [-0.2, -0.15) is 0 Å². The first-order chi connectivity index (χ1) is 6.09. The van der Waals surface area contributed by atoms with Crippen LogP contribution in [-0.2, 0) is 4.79 Å². The van der Waals surface area contributed by atoms with Crippen molar-refractivity contribution in [2.24, 2.45) is 0 Å². The molecule has 0 aromatic heterocycles. The third-order valence-corrected chi connectivity index (χ3v) is 1.36. The van der Waals surface area contributed by atoms with E-state index in [1.165, 1.54) is 12.1 Å². The first-order valence-electron chi connectivity index (χ1n) is 3.45. The number of rotatable bonds is 2. The molecule has 0 aliphatic carbocycles. The smallest absolute Gasteiger partial charge is 0.328 e. The maximum atomic E-state index is 12.5. The zero-order valence-corrected chi connectivity index (χ0v) is 7.72. The van der Waals surface area contributed by atoms with Gasteiger partial charge in [0.2, 0.25) is 0 Å². The molecule has 5 heteroatoms. The Kier molecular flexibility index (Phi) is 4.80. The normalized spacial score (nSPS) is 9.86. The maximum Gasteiger partial charge on any atom is 0.328 e. The van der Waals surface area contributed by atoms with E-state index < -0.39 is 17.6 Å². The summed E-state index contributed by atoms with van der Waals surface area (Å²) < 4.78 is 24.9. The lowest BCUT2D eigenvalue weighted by Crippen LogP contribution is -1.87. The number of aliphatic carboxylic acids is 1. The summed E-state index contributed by atoms with van der Waals surface area (Å²) in [6.07, 6.45) is 2.04. The first kappa shape index (κ1) is 12.6. The van der Waals surface area contributed by atoms with Crippen LogP contribution >= 0.6 is 12.4 Å². The van der Waals surface area contributed by atoms with E-state index in [1.807, 2.05) is 0 Å². The summed E-state index contributed by atoms with van der Waals surface area (Å²) in [6, 6.07) is 3.16. The van der Waals surface area contributed by atoms with E-state index in [4.69, 9.17) is 5.11 Å². The summed E-state index contributed by atoms with van der Waals surface area (Å²) in [5.41, 5.74) is 0.307. The molecule has 0 aliphatic heterocycles. The second kappa shape index (κ2) is 5.34. The van der Waals surface area contributed by atoms with Gasteiger partial charge >= 0.3 is 5.97 Å². The Balaban J connectivity index is 0.00000169. The molecule has 0 amide bonds. The van der Waals surface area contributed by atoms with E-state index in [-0.39, 0.29) is 12.4 Å². The molecule has 0 spiro atoms. The Bertz CT molecular complexity index is 364. The maximum absolute atomic E-state index is 12.5. The number of halogens is 3. The summed E-state index contributed by atoms with van der Waals surface area (Å²) in [5, 5.41) is 8.24. The van der Waals surface area contributed by atoms with E-state index in [2.05, 4.69) is 0 Å². The van der Waals surface area contributed by atoms with E-state index >= 15 is 0 Å². The highest BCUT2D eigenvalue weighted by Gasteiger charge is 1.99. The number of hydrogen-bond acceptors (Lipinski definition) is 1. The Labute approximate surface area is 85.3 Å². The van der Waals surface area contributed by atoms with Crippen LogP contribution in [0.15, 0.2) is 24.3 Å². The lowest BCUT2D eigenvalue weighted by atomic mass is 10.2. The van der Waals surface area contributed by atoms with Crippen LogP contribution in [-0.4, -0.2) is 11.1 Å². The Morgan fingerprint density at radius 2 is 1.93 bits per heavy atom. The van der Waals surface area contributed by atoms with Gasteiger partial charge in [0.15, 0.2) is 11.6 Å². The molecule has 0 heterocycles. The van der Waals surface area contributed by atoms with Crippen molar-refractivity contribution in [2.45, 2.75) is 0 Å². The van der Waals surface area contributed by atoms with Crippen molar-refractivity contribution in [1.82, 2.24) is 0 Å². The molecule has 1 aromatic carbocycles. The van der Waals surface area contributed by atoms with Crippen molar-refractivity contribution in [3.05, 3.63) is 41.5 Å². The molecule has 1 N–H and O–H groups in total. The van der Waals surface area contributed by atoms with Crippen molar-refractivity contribution >= 4 is 24.5 Å². The lowest BCUT2D eigenvalue weighted by molar-refractivity contribution is -0.131. The van der Waals surface area contributed by atoms with Crippen molar-refractivity contribution in [1.29, 1.82) is 0 Å². The number of benzene rings is 1. The second-order valence-electron chi connectivity index (χ2n) is 2.35. The van der Waals surface area contributed by atoms with Gasteiger partial charge in [-0.15, -0.1) is 12.4 Å². The molecule has 1 rings (SSSR count). The Hall–Kier alpha value is -1.42. The molecular weight excluding hydrogens is 214 g/mol. The molecular formula is C9H7ClF2O2. The zero-order valence-electron chi connectivity index (χ0n) is 6.91. The standard InChI is InChI=1S/C9H6F2O2.ClH/c10-7-3-1-6(5-8(7)11)2-4-9(12)13;/h1-5H,(H,12,13);1H/b4-2+;. The molecule has 2 nitrogen and oxygen atoms in total. The van der Waals surface area contributed by atoms with Gasteiger partial charge in [-0.05, 0) is 23.8 Å². The lowest BCUT2D eigenvalue weighted by Gasteiger charge is -1.94. The van der Waals surface area contributed by atoms with Crippen LogP contribution in [0.25, 0.3) is 6.08 Å². The van der Waals surface area contributed by atoms with Crippen molar-refractivity contribution in [3.63, 3.8) is 0 Å². The summed E-state index contributed by atoms with van der Waals surface area (Å²) >= 11 is 0. The van der Waals surface area contributed by atoms with E-state index in [1.54, 1.807) is 0 Å². The fraction of sp³-hybridized carbons (Fsp3) is 0. The third-order valence-electron chi connectivity index (χ3n) is 1.36. The fourth-order valence-electron chi connectivity index (χ4n) is 0.784. The van der Waals surface area contributed by atoms with Crippen LogP contribution in [0.2, 0.25) is 0 Å². The number of carboxylic acids is 1. The molecule has 0 atom stereocenters. The van der Waals surface area contributed by atoms with Gasteiger partial charge < -0.3 is 5.11 Å². The Morgan fingerprint density at radius 1 is 1.29 bits per heavy atom. The summed E-state index contributed by atoms with van der Waals surface area (Å²) in [5.74, 6) is -3.08. The summed E-state index contributed by atoms with van der Waals surface area (Å²) in [6.45, 7) is 0. The summed E-state index contributed by atoms with van der Waals surface area (Å²) in [4.78, 5) is 10.1. The highest BCUT2D eigenvalue weighted by molar-refractivity contribution is 5.85. The topological polar surface area (TPSA) is 37.3 Å². The monoisotopic (exact) mass is 220 g/mol. The van der Waals surface area contributed by atoms with Crippen molar-refractivity contribution < 1.29 is 18.7 Å². The van der Waals surface area contributed by atoms with Crippen LogP contribution in [0.5, 0.6) is 0 Å². The van der Waals surface area contributed by atoms with Gasteiger partial charge in [0.05, 0.1) is 0 Å². The average molecular weight is 221 g/mol. The van der Waals surface area contributed by atoms with Crippen LogP contribution < -0.4 is 0 Å². The molecule has 0 unspecified atom stereocenters. The van der Waals surface area contributed by atoms with Crippen LogP contribution in [0.3, 0.4) is 0 Å². The first-order valence-corrected chi connectivity index (χ1v) is 3.45. The largest absolute Gasteiger partial charge is 0.478 e. The SMILES string of the molecule is Cl.O=C(O)/C=C/c1ccc(F)c(F)c1. The highest BCUT2D eigenvalue weighted by atomic mass is 35.5. The molecule has 0 aliphatic rings. The van der Waals surface area contributed by atoms with Gasteiger partial charge in [-0.1, -0.05) is 6.07 Å². The molecule has 0 bridgehead atoms. The number of carbonyl (C=O) groups is 1. The highest BCUT2D eigenvalue weighted by Crippen LogP contribution is 2.09. The molecule has 14 heavy (non-hydrogen) atoms. The minimum Gasteiger partial charge on any atom is -0.478 e. The van der Waals surface area contributed by atoms with Gasteiger partial charge in [-0.25, -0.2) is 13.6 Å². The second-order valence-corrected chi connectivity index (χ2v) is 2.35. The predicted molar refractivity (Wildman–Crippen MR) is 50.3 cm³/mol. The van der Waals surface area contributed by atoms with Gasteiger partial charge in [0, 0.05) is 6.08 Å². The number of carboxylic acid groups (broad SMARTS) is 1. The van der Waals surface area contributed by atoms with E-state index in [9.17, 15) is 13.6 Å². The third kappa shape index (κ3) is 3.53. The minimum atomic E-state index is -1.13. The van der Waals surface area contributed by atoms with Gasteiger partial charge in [0.25, 0.3) is 0 Å². The quantitative estimate of drug-likeness (QED) is 0.778.